The summed E-state index contributed by atoms with van der Waals surface area (Å²) in [5.41, 5.74) is 4.01. The molecule has 0 amide bonds. The van der Waals surface area contributed by atoms with Crippen LogP contribution in [0.15, 0.2) is 36.4 Å². The Morgan fingerprint density at radius 3 is 2.35 bits per heavy atom. The van der Waals surface area contributed by atoms with Crippen molar-refractivity contribution in [3.05, 3.63) is 62.9 Å². The van der Waals surface area contributed by atoms with Crippen LogP contribution >= 0.6 is 34.8 Å². The maximum atomic E-state index is 6.22. The highest BCUT2D eigenvalue weighted by molar-refractivity contribution is 6.42. The number of nitrogens with zero attached hydrogens (tertiary/aromatic N) is 2. The first-order valence-electron chi connectivity index (χ1n) is 6.11. The van der Waals surface area contributed by atoms with Gasteiger partial charge in [0, 0.05) is 0 Å². The van der Waals surface area contributed by atoms with Crippen molar-refractivity contribution < 1.29 is 0 Å². The first-order chi connectivity index (χ1) is 9.54. The lowest BCUT2D eigenvalue weighted by atomic mass is 10.1. The van der Waals surface area contributed by atoms with E-state index in [-0.39, 0.29) is 0 Å². The van der Waals surface area contributed by atoms with E-state index in [1.165, 1.54) is 5.56 Å². The molecule has 0 fully saturated rings. The lowest BCUT2D eigenvalue weighted by molar-refractivity contribution is 0.825. The number of hydrogen-bond donors (Lipinski definition) is 0. The van der Waals surface area contributed by atoms with Crippen molar-refractivity contribution >= 4 is 45.8 Å². The monoisotopic (exact) mass is 324 g/mol. The SMILES string of the molecule is Cc1ccc(Cn2c(Cl)nc3cc(Cl)c(Cl)cc32)cc1. The third-order valence-corrected chi connectivity index (χ3v) is 4.22. The summed E-state index contributed by atoms with van der Waals surface area (Å²) in [5, 5.41) is 1.41. The van der Waals surface area contributed by atoms with Crippen LogP contribution in [0.25, 0.3) is 11.0 Å². The summed E-state index contributed by atoms with van der Waals surface area (Å²) in [6, 6.07) is 11.8. The van der Waals surface area contributed by atoms with Gasteiger partial charge in [0.25, 0.3) is 0 Å². The number of benzene rings is 2. The summed E-state index contributed by atoms with van der Waals surface area (Å²) in [5.74, 6) is 0. The second-order valence-electron chi connectivity index (χ2n) is 4.71. The summed E-state index contributed by atoms with van der Waals surface area (Å²) in [4.78, 5) is 4.31. The Labute approximate surface area is 131 Å². The molecule has 2 nitrogen and oxygen atoms in total. The quantitative estimate of drug-likeness (QED) is 0.620. The Morgan fingerprint density at radius 1 is 1.00 bits per heavy atom. The van der Waals surface area contributed by atoms with Crippen LogP contribution in [0.1, 0.15) is 11.1 Å². The van der Waals surface area contributed by atoms with Gasteiger partial charge in [-0.1, -0.05) is 53.0 Å². The number of imidazole rings is 1. The molecular weight excluding hydrogens is 315 g/mol. The van der Waals surface area contributed by atoms with Gasteiger partial charge in [-0.25, -0.2) is 4.98 Å². The average Bonchev–Trinajstić information content (AvgIpc) is 2.69. The molecule has 0 N–H and O–H groups in total. The molecular formula is C15H11Cl3N2. The predicted molar refractivity (Wildman–Crippen MR) is 85.0 cm³/mol. The van der Waals surface area contributed by atoms with E-state index in [2.05, 4.69) is 36.2 Å². The number of hydrogen-bond acceptors (Lipinski definition) is 1. The molecule has 102 valence electrons. The van der Waals surface area contributed by atoms with Crippen molar-refractivity contribution in [3.63, 3.8) is 0 Å². The van der Waals surface area contributed by atoms with Gasteiger partial charge in [0.15, 0.2) is 0 Å². The van der Waals surface area contributed by atoms with Crippen molar-refractivity contribution in [1.82, 2.24) is 9.55 Å². The molecule has 0 aliphatic heterocycles. The van der Waals surface area contributed by atoms with Gasteiger partial charge in [-0.3, -0.25) is 0 Å². The van der Waals surface area contributed by atoms with Gasteiger partial charge in [-0.05, 0) is 36.2 Å². The number of halogens is 3. The minimum absolute atomic E-state index is 0.430. The molecule has 0 atom stereocenters. The van der Waals surface area contributed by atoms with Crippen molar-refractivity contribution in [2.24, 2.45) is 0 Å². The van der Waals surface area contributed by atoms with Crippen LogP contribution in [-0.4, -0.2) is 9.55 Å². The fourth-order valence-electron chi connectivity index (χ4n) is 2.12. The Kier molecular flexibility index (Phi) is 3.63. The summed E-state index contributed by atoms with van der Waals surface area (Å²) >= 11 is 18.3. The maximum absolute atomic E-state index is 6.22. The molecule has 0 aliphatic carbocycles. The zero-order valence-corrected chi connectivity index (χ0v) is 13.0. The summed E-state index contributed by atoms with van der Waals surface area (Å²) in [6.45, 7) is 2.71. The highest BCUT2D eigenvalue weighted by Gasteiger charge is 2.12. The normalized spacial score (nSPS) is 11.2. The standard InChI is InChI=1S/C15H11Cl3N2/c1-9-2-4-10(5-3-9)8-20-14-7-12(17)11(16)6-13(14)19-15(20)18/h2-7H,8H2,1H3. The number of rotatable bonds is 2. The Hall–Kier alpha value is -1.22. The van der Waals surface area contributed by atoms with Crippen LogP contribution in [0.4, 0.5) is 0 Å². The van der Waals surface area contributed by atoms with Crippen molar-refractivity contribution in [2.75, 3.05) is 0 Å². The van der Waals surface area contributed by atoms with Gasteiger partial charge in [0.1, 0.15) is 0 Å². The summed E-state index contributed by atoms with van der Waals surface area (Å²) in [6.07, 6.45) is 0. The van der Waals surface area contributed by atoms with E-state index in [1.54, 1.807) is 12.1 Å². The molecule has 2 aromatic carbocycles. The van der Waals surface area contributed by atoms with Crippen LogP contribution in [0, 0.1) is 6.92 Å². The van der Waals surface area contributed by atoms with E-state index in [1.807, 2.05) is 4.57 Å². The third kappa shape index (κ3) is 2.51. The number of fused-ring (bicyclic) bond motifs is 1. The molecule has 0 radical (unpaired) electrons. The Balaban J connectivity index is 2.08. The number of aromatic nitrogens is 2. The van der Waals surface area contributed by atoms with Crippen molar-refractivity contribution in [3.8, 4) is 0 Å². The molecule has 0 bridgehead atoms. The molecule has 1 aromatic heterocycles. The molecule has 20 heavy (non-hydrogen) atoms. The van der Waals surface area contributed by atoms with E-state index in [0.29, 0.717) is 21.9 Å². The fraction of sp³-hybridized carbons (Fsp3) is 0.133. The topological polar surface area (TPSA) is 17.8 Å². The largest absolute Gasteiger partial charge is 0.310 e. The molecule has 0 saturated heterocycles. The van der Waals surface area contributed by atoms with Gasteiger partial charge in [0.05, 0.1) is 27.6 Å². The molecule has 5 heteroatoms. The molecule has 0 saturated carbocycles. The molecule has 3 rings (SSSR count). The Morgan fingerprint density at radius 2 is 1.65 bits per heavy atom. The van der Waals surface area contributed by atoms with E-state index >= 15 is 0 Å². The molecule has 1 heterocycles. The van der Waals surface area contributed by atoms with Gasteiger partial charge in [-0.2, -0.15) is 0 Å². The van der Waals surface area contributed by atoms with Crippen LogP contribution in [-0.2, 0) is 6.54 Å². The van der Waals surface area contributed by atoms with E-state index in [4.69, 9.17) is 34.8 Å². The fourth-order valence-corrected chi connectivity index (χ4v) is 2.67. The van der Waals surface area contributed by atoms with Gasteiger partial charge < -0.3 is 4.57 Å². The van der Waals surface area contributed by atoms with Gasteiger partial charge in [0.2, 0.25) is 5.28 Å². The first-order valence-corrected chi connectivity index (χ1v) is 7.24. The van der Waals surface area contributed by atoms with Crippen molar-refractivity contribution in [1.29, 1.82) is 0 Å². The molecule has 0 spiro atoms. The molecule has 0 unspecified atom stereocenters. The summed E-state index contributed by atoms with van der Waals surface area (Å²) < 4.78 is 1.92. The zero-order valence-electron chi connectivity index (χ0n) is 10.7. The minimum atomic E-state index is 0.430. The van der Waals surface area contributed by atoms with Crippen LogP contribution in [0.5, 0.6) is 0 Å². The molecule has 3 aromatic rings. The Bertz CT molecular complexity index is 776. The zero-order chi connectivity index (χ0) is 14.3. The van der Waals surface area contributed by atoms with E-state index in [9.17, 15) is 0 Å². The second-order valence-corrected chi connectivity index (χ2v) is 5.86. The lowest BCUT2D eigenvalue weighted by Crippen LogP contribution is -1.99. The predicted octanol–water partition coefficient (Wildman–Crippen LogP) is 5.35. The van der Waals surface area contributed by atoms with E-state index in [0.717, 1.165) is 16.6 Å². The highest BCUT2D eigenvalue weighted by Crippen LogP contribution is 2.30. The second kappa shape index (κ2) is 5.28. The van der Waals surface area contributed by atoms with Gasteiger partial charge in [-0.15, -0.1) is 0 Å². The number of aryl methyl sites for hydroxylation is 1. The first kappa shape index (κ1) is 13.7. The smallest absolute Gasteiger partial charge is 0.204 e. The maximum Gasteiger partial charge on any atom is 0.204 e. The average molecular weight is 326 g/mol. The van der Waals surface area contributed by atoms with E-state index < -0.39 is 0 Å². The van der Waals surface area contributed by atoms with Crippen LogP contribution in [0.2, 0.25) is 15.3 Å². The minimum Gasteiger partial charge on any atom is -0.310 e. The highest BCUT2D eigenvalue weighted by atomic mass is 35.5. The third-order valence-electron chi connectivity index (χ3n) is 3.20. The summed E-state index contributed by atoms with van der Waals surface area (Å²) in [7, 11) is 0. The van der Waals surface area contributed by atoms with Crippen molar-refractivity contribution in [2.45, 2.75) is 13.5 Å². The molecule has 0 aliphatic rings. The van der Waals surface area contributed by atoms with Crippen LogP contribution < -0.4 is 0 Å². The van der Waals surface area contributed by atoms with Crippen LogP contribution in [0.3, 0.4) is 0 Å². The lowest BCUT2D eigenvalue weighted by Gasteiger charge is -2.07. The van der Waals surface area contributed by atoms with Gasteiger partial charge >= 0.3 is 0 Å².